The third-order valence-corrected chi connectivity index (χ3v) is 4.72. The van der Waals surface area contributed by atoms with Crippen molar-refractivity contribution in [3.05, 3.63) is 42.2 Å². The second kappa shape index (κ2) is 8.11. The molecule has 0 fully saturated rings. The van der Waals surface area contributed by atoms with Gasteiger partial charge in [0.15, 0.2) is 5.13 Å². The van der Waals surface area contributed by atoms with Crippen LogP contribution in [0.25, 0.3) is 10.6 Å². The van der Waals surface area contributed by atoms with Gasteiger partial charge in [-0.05, 0) is 25.1 Å². The number of alkyl halides is 1. The third-order valence-electron chi connectivity index (χ3n) is 3.38. The molecule has 2 heterocycles. The number of thiazole rings is 1. The molecule has 0 radical (unpaired) electrons. The van der Waals surface area contributed by atoms with E-state index in [2.05, 4.69) is 25.6 Å². The fourth-order valence-corrected chi connectivity index (χ4v) is 3.23. The van der Waals surface area contributed by atoms with Crippen LogP contribution in [-0.4, -0.2) is 33.8 Å². The number of methoxy groups -OCH3 is 1. The van der Waals surface area contributed by atoms with Crippen LogP contribution in [-0.2, 0) is 4.79 Å². The van der Waals surface area contributed by atoms with Crippen LogP contribution in [0.5, 0.6) is 5.75 Å². The van der Waals surface area contributed by atoms with Crippen molar-refractivity contribution in [3.8, 4) is 16.3 Å². The second-order valence-electron chi connectivity index (χ2n) is 5.24. The molecule has 0 aliphatic heterocycles. The first-order chi connectivity index (χ1) is 12.6. The highest BCUT2D eigenvalue weighted by Gasteiger charge is 2.13. The summed E-state index contributed by atoms with van der Waals surface area (Å²) >= 11 is 6.85. The van der Waals surface area contributed by atoms with Crippen LogP contribution < -0.4 is 15.4 Å². The summed E-state index contributed by atoms with van der Waals surface area (Å²) in [5, 5.41) is 6.29. The Morgan fingerprint density at radius 1 is 1.31 bits per heavy atom. The maximum absolute atomic E-state index is 11.4. The van der Waals surface area contributed by atoms with Crippen LogP contribution in [0.3, 0.4) is 0 Å². The molecule has 1 aromatic carbocycles. The van der Waals surface area contributed by atoms with Gasteiger partial charge < -0.3 is 15.4 Å². The summed E-state index contributed by atoms with van der Waals surface area (Å²) < 4.78 is 5.21. The molecule has 134 valence electrons. The molecule has 1 amide bonds. The molecular formula is C17H16ClN5O2S. The zero-order chi connectivity index (χ0) is 18.5. The first-order valence-electron chi connectivity index (χ1n) is 7.67. The lowest BCUT2D eigenvalue weighted by Crippen LogP contribution is -2.12. The van der Waals surface area contributed by atoms with Crippen molar-refractivity contribution in [1.82, 2.24) is 15.0 Å². The van der Waals surface area contributed by atoms with Gasteiger partial charge in [0.05, 0.1) is 23.4 Å². The molecule has 0 unspecified atom stereocenters. The van der Waals surface area contributed by atoms with E-state index in [-0.39, 0.29) is 11.8 Å². The summed E-state index contributed by atoms with van der Waals surface area (Å²) in [6.45, 7) is 1.86. The highest BCUT2D eigenvalue weighted by molar-refractivity contribution is 7.19. The topological polar surface area (TPSA) is 89.0 Å². The van der Waals surface area contributed by atoms with Crippen LogP contribution in [0.2, 0.25) is 0 Å². The number of amides is 1. The number of hydrogen-bond donors (Lipinski definition) is 2. The SMILES string of the molecule is COc1cccc(Nc2nccc(-c3sc(NC(=O)CCl)nc3C)n2)c1. The third kappa shape index (κ3) is 4.27. The van der Waals surface area contributed by atoms with Crippen molar-refractivity contribution in [2.75, 3.05) is 23.6 Å². The molecular weight excluding hydrogens is 374 g/mol. The number of anilines is 3. The van der Waals surface area contributed by atoms with Crippen molar-refractivity contribution >= 4 is 45.6 Å². The van der Waals surface area contributed by atoms with Gasteiger partial charge in [0.1, 0.15) is 11.6 Å². The fraction of sp³-hybridized carbons (Fsp3) is 0.176. The van der Waals surface area contributed by atoms with Gasteiger partial charge in [-0.1, -0.05) is 17.4 Å². The molecule has 0 spiro atoms. The van der Waals surface area contributed by atoms with E-state index in [9.17, 15) is 4.79 Å². The average molecular weight is 390 g/mol. The predicted molar refractivity (Wildman–Crippen MR) is 104 cm³/mol. The van der Waals surface area contributed by atoms with E-state index in [0.717, 1.165) is 22.0 Å². The maximum Gasteiger partial charge on any atom is 0.241 e. The van der Waals surface area contributed by atoms with E-state index in [0.29, 0.717) is 16.8 Å². The van der Waals surface area contributed by atoms with E-state index in [1.54, 1.807) is 19.4 Å². The number of carbonyl (C=O) groups excluding carboxylic acids is 1. The van der Waals surface area contributed by atoms with E-state index in [1.165, 1.54) is 11.3 Å². The molecule has 9 heteroatoms. The van der Waals surface area contributed by atoms with Gasteiger partial charge in [0.25, 0.3) is 0 Å². The number of carbonyl (C=O) groups is 1. The molecule has 2 aromatic heterocycles. The fourth-order valence-electron chi connectivity index (χ4n) is 2.22. The van der Waals surface area contributed by atoms with Gasteiger partial charge in [-0.15, -0.1) is 11.6 Å². The summed E-state index contributed by atoms with van der Waals surface area (Å²) in [4.78, 5) is 25.4. The first kappa shape index (κ1) is 18.1. The molecule has 7 nitrogen and oxygen atoms in total. The Morgan fingerprint density at radius 2 is 2.15 bits per heavy atom. The Kier molecular flexibility index (Phi) is 5.65. The number of hydrogen-bond acceptors (Lipinski definition) is 7. The zero-order valence-electron chi connectivity index (χ0n) is 14.1. The van der Waals surface area contributed by atoms with Crippen LogP contribution in [0.1, 0.15) is 5.69 Å². The highest BCUT2D eigenvalue weighted by atomic mass is 35.5. The monoisotopic (exact) mass is 389 g/mol. The van der Waals surface area contributed by atoms with E-state index >= 15 is 0 Å². The van der Waals surface area contributed by atoms with Crippen molar-refractivity contribution in [2.24, 2.45) is 0 Å². The molecule has 0 aliphatic carbocycles. The Bertz CT molecular complexity index is 931. The minimum atomic E-state index is -0.296. The summed E-state index contributed by atoms with van der Waals surface area (Å²) in [6, 6.07) is 9.29. The van der Waals surface area contributed by atoms with E-state index < -0.39 is 0 Å². The molecule has 0 atom stereocenters. The lowest BCUT2D eigenvalue weighted by atomic mass is 10.3. The maximum atomic E-state index is 11.4. The normalized spacial score (nSPS) is 10.4. The largest absolute Gasteiger partial charge is 0.497 e. The molecule has 0 bridgehead atoms. The summed E-state index contributed by atoms with van der Waals surface area (Å²) in [6.07, 6.45) is 1.67. The Morgan fingerprint density at radius 3 is 2.92 bits per heavy atom. The van der Waals surface area contributed by atoms with Crippen LogP contribution in [0, 0.1) is 6.92 Å². The minimum absolute atomic E-state index is 0.115. The molecule has 3 rings (SSSR count). The van der Waals surface area contributed by atoms with Gasteiger partial charge in [0.2, 0.25) is 11.9 Å². The first-order valence-corrected chi connectivity index (χ1v) is 9.02. The van der Waals surface area contributed by atoms with Crippen molar-refractivity contribution in [2.45, 2.75) is 6.92 Å². The number of benzene rings is 1. The van der Waals surface area contributed by atoms with Gasteiger partial charge >= 0.3 is 0 Å². The number of aromatic nitrogens is 3. The minimum Gasteiger partial charge on any atom is -0.497 e. The lowest BCUT2D eigenvalue weighted by molar-refractivity contribution is -0.113. The molecule has 3 aromatic rings. The van der Waals surface area contributed by atoms with Gasteiger partial charge in [0, 0.05) is 18.0 Å². The number of rotatable bonds is 6. The number of nitrogens with zero attached hydrogens (tertiary/aromatic N) is 3. The molecule has 2 N–H and O–H groups in total. The lowest BCUT2D eigenvalue weighted by Gasteiger charge is -2.07. The number of halogens is 1. The van der Waals surface area contributed by atoms with Crippen LogP contribution in [0.15, 0.2) is 36.5 Å². The number of ether oxygens (including phenoxy) is 1. The molecule has 0 saturated carbocycles. The van der Waals surface area contributed by atoms with Crippen molar-refractivity contribution in [3.63, 3.8) is 0 Å². The van der Waals surface area contributed by atoms with E-state index in [4.69, 9.17) is 16.3 Å². The molecule has 0 saturated heterocycles. The second-order valence-corrected chi connectivity index (χ2v) is 6.50. The van der Waals surface area contributed by atoms with Gasteiger partial charge in [-0.25, -0.2) is 15.0 Å². The molecule has 26 heavy (non-hydrogen) atoms. The van der Waals surface area contributed by atoms with Crippen molar-refractivity contribution < 1.29 is 9.53 Å². The van der Waals surface area contributed by atoms with Crippen LogP contribution in [0.4, 0.5) is 16.8 Å². The smallest absolute Gasteiger partial charge is 0.241 e. The number of nitrogens with one attached hydrogen (secondary N) is 2. The predicted octanol–water partition coefficient (Wildman–Crippen LogP) is 3.84. The summed E-state index contributed by atoms with van der Waals surface area (Å²) in [7, 11) is 1.61. The van der Waals surface area contributed by atoms with Gasteiger partial charge in [-0.2, -0.15) is 0 Å². The average Bonchev–Trinajstić information content (AvgIpc) is 3.02. The summed E-state index contributed by atoms with van der Waals surface area (Å²) in [5.74, 6) is 0.782. The Hall–Kier alpha value is -2.71. The quantitative estimate of drug-likeness (QED) is 0.622. The molecule has 0 aliphatic rings. The van der Waals surface area contributed by atoms with Crippen molar-refractivity contribution in [1.29, 1.82) is 0 Å². The Labute approximate surface area is 159 Å². The van der Waals surface area contributed by atoms with Crippen LogP contribution >= 0.6 is 22.9 Å². The van der Waals surface area contributed by atoms with E-state index in [1.807, 2.05) is 31.2 Å². The highest BCUT2D eigenvalue weighted by Crippen LogP contribution is 2.32. The zero-order valence-corrected chi connectivity index (χ0v) is 15.7. The number of aryl methyl sites for hydroxylation is 1. The van der Waals surface area contributed by atoms with Gasteiger partial charge in [-0.3, -0.25) is 4.79 Å². The summed E-state index contributed by atoms with van der Waals surface area (Å²) in [5.41, 5.74) is 2.30. The standard InChI is InChI=1S/C17H16ClN5O2S/c1-10-15(26-17(20-10)23-14(24)9-18)13-6-7-19-16(22-13)21-11-4-3-5-12(8-11)25-2/h3-8H,9H2,1-2H3,(H,19,21,22)(H,20,23,24). The Balaban J connectivity index is 1.84.